The number of aryl methyl sites for hydroxylation is 2. The van der Waals surface area contributed by atoms with Gasteiger partial charge in [0.1, 0.15) is 11.6 Å². The topological polar surface area (TPSA) is 12.0 Å². The summed E-state index contributed by atoms with van der Waals surface area (Å²) < 4.78 is 26.4. The maximum atomic E-state index is 13.2. The SMILES string of the molecule is Cc1cc(C)cc(NC(C)c2cc(F)cc(F)c2)c1. The quantitative estimate of drug-likeness (QED) is 0.840. The number of rotatable bonds is 3. The van der Waals surface area contributed by atoms with E-state index in [0.29, 0.717) is 5.56 Å². The first kappa shape index (κ1) is 13.5. The molecule has 1 nitrogen and oxygen atoms in total. The average molecular weight is 261 g/mol. The third-order valence-corrected chi connectivity index (χ3v) is 2.99. The molecule has 0 bridgehead atoms. The monoisotopic (exact) mass is 261 g/mol. The van der Waals surface area contributed by atoms with E-state index < -0.39 is 11.6 Å². The summed E-state index contributed by atoms with van der Waals surface area (Å²) in [5.41, 5.74) is 3.85. The molecule has 0 amide bonds. The Kier molecular flexibility index (Phi) is 3.84. The molecule has 2 rings (SSSR count). The van der Waals surface area contributed by atoms with E-state index in [1.165, 1.54) is 12.1 Å². The van der Waals surface area contributed by atoms with E-state index >= 15 is 0 Å². The summed E-state index contributed by atoms with van der Waals surface area (Å²) in [6, 6.07) is 9.53. The molecular formula is C16H17F2N. The first-order valence-electron chi connectivity index (χ1n) is 6.25. The molecule has 19 heavy (non-hydrogen) atoms. The number of benzene rings is 2. The molecule has 0 aliphatic carbocycles. The van der Waals surface area contributed by atoms with Crippen LogP contribution >= 0.6 is 0 Å². The Morgan fingerprint density at radius 1 is 0.842 bits per heavy atom. The number of nitrogens with one attached hydrogen (secondary N) is 1. The Balaban J connectivity index is 2.22. The zero-order valence-corrected chi connectivity index (χ0v) is 11.3. The molecule has 0 aliphatic rings. The minimum atomic E-state index is -0.552. The van der Waals surface area contributed by atoms with Gasteiger partial charge < -0.3 is 5.32 Å². The molecule has 2 aromatic carbocycles. The molecule has 0 heterocycles. The summed E-state index contributed by atoms with van der Waals surface area (Å²) in [5, 5.41) is 3.26. The van der Waals surface area contributed by atoms with Gasteiger partial charge in [-0.3, -0.25) is 0 Å². The van der Waals surface area contributed by atoms with E-state index in [4.69, 9.17) is 0 Å². The Bertz CT molecular complexity index is 553. The molecule has 0 saturated heterocycles. The number of hydrogen-bond acceptors (Lipinski definition) is 1. The van der Waals surface area contributed by atoms with Gasteiger partial charge in [-0.2, -0.15) is 0 Å². The van der Waals surface area contributed by atoms with Crippen LogP contribution in [0.2, 0.25) is 0 Å². The fourth-order valence-corrected chi connectivity index (χ4v) is 2.22. The van der Waals surface area contributed by atoms with E-state index in [1.807, 2.05) is 32.9 Å². The summed E-state index contributed by atoms with van der Waals surface area (Å²) in [7, 11) is 0. The zero-order valence-electron chi connectivity index (χ0n) is 11.3. The van der Waals surface area contributed by atoms with Gasteiger partial charge in [0.15, 0.2) is 0 Å². The maximum absolute atomic E-state index is 13.2. The van der Waals surface area contributed by atoms with Crippen molar-refractivity contribution in [2.24, 2.45) is 0 Å². The molecule has 0 fully saturated rings. The lowest BCUT2D eigenvalue weighted by Crippen LogP contribution is -2.07. The number of halogens is 2. The Hall–Kier alpha value is -1.90. The van der Waals surface area contributed by atoms with Crippen molar-refractivity contribution in [2.75, 3.05) is 5.32 Å². The smallest absolute Gasteiger partial charge is 0.126 e. The Morgan fingerprint density at radius 2 is 1.37 bits per heavy atom. The fraction of sp³-hybridized carbons (Fsp3) is 0.250. The second kappa shape index (κ2) is 5.39. The lowest BCUT2D eigenvalue weighted by molar-refractivity contribution is 0.577. The van der Waals surface area contributed by atoms with Crippen LogP contribution in [0.25, 0.3) is 0 Å². The summed E-state index contributed by atoms with van der Waals surface area (Å²) >= 11 is 0. The van der Waals surface area contributed by atoms with Crippen molar-refractivity contribution in [1.29, 1.82) is 0 Å². The van der Waals surface area contributed by atoms with Crippen LogP contribution in [0.3, 0.4) is 0 Å². The third-order valence-electron chi connectivity index (χ3n) is 2.99. The third kappa shape index (κ3) is 3.53. The lowest BCUT2D eigenvalue weighted by Gasteiger charge is -2.17. The molecule has 1 N–H and O–H groups in total. The minimum Gasteiger partial charge on any atom is -0.379 e. The van der Waals surface area contributed by atoms with Crippen LogP contribution in [0.1, 0.15) is 29.7 Å². The minimum absolute atomic E-state index is 0.161. The molecule has 0 aromatic heterocycles. The zero-order chi connectivity index (χ0) is 14.0. The van der Waals surface area contributed by atoms with Crippen molar-refractivity contribution in [3.8, 4) is 0 Å². The van der Waals surface area contributed by atoms with Gasteiger partial charge in [-0.15, -0.1) is 0 Å². The first-order chi connectivity index (χ1) is 8.94. The largest absolute Gasteiger partial charge is 0.379 e. The van der Waals surface area contributed by atoms with E-state index in [9.17, 15) is 8.78 Å². The van der Waals surface area contributed by atoms with Crippen molar-refractivity contribution < 1.29 is 8.78 Å². The van der Waals surface area contributed by atoms with Gasteiger partial charge >= 0.3 is 0 Å². The highest BCUT2D eigenvalue weighted by molar-refractivity contribution is 5.50. The van der Waals surface area contributed by atoms with Crippen molar-refractivity contribution >= 4 is 5.69 Å². The summed E-state index contributed by atoms with van der Waals surface area (Å²) in [4.78, 5) is 0. The van der Waals surface area contributed by atoms with Gasteiger partial charge in [0.05, 0.1) is 0 Å². The second-order valence-electron chi connectivity index (χ2n) is 4.95. The van der Waals surface area contributed by atoms with Gasteiger partial charge in [-0.05, 0) is 61.7 Å². The van der Waals surface area contributed by atoms with Crippen LogP contribution in [0, 0.1) is 25.5 Å². The van der Waals surface area contributed by atoms with Crippen molar-refractivity contribution in [3.05, 3.63) is 64.7 Å². The fourth-order valence-electron chi connectivity index (χ4n) is 2.22. The summed E-state index contributed by atoms with van der Waals surface area (Å²) in [6.07, 6.45) is 0. The van der Waals surface area contributed by atoms with Crippen LogP contribution in [-0.4, -0.2) is 0 Å². The average Bonchev–Trinajstić information content (AvgIpc) is 2.25. The molecule has 0 spiro atoms. The molecule has 0 saturated carbocycles. The predicted octanol–water partition coefficient (Wildman–Crippen LogP) is 4.75. The van der Waals surface area contributed by atoms with E-state index in [1.54, 1.807) is 0 Å². The van der Waals surface area contributed by atoms with Crippen LogP contribution in [0.15, 0.2) is 36.4 Å². The van der Waals surface area contributed by atoms with Gasteiger partial charge in [0.25, 0.3) is 0 Å². The molecule has 100 valence electrons. The van der Waals surface area contributed by atoms with E-state index in [0.717, 1.165) is 22.9 Å². The van der Waals surface area contributed by atoms with Gasteiger partial charge in [0, 0.05) is 17.8 Å². The maximum Gasteiger partial charge on any atom is 0.126 e. The van der Waals surface area contributed by atoms with Gasteiger partial charge in [-0.25, -0.2) is 8.78 Å². The van der Waals surface area contributed by atoms with Crippen LogP contribution in [0.4, 0.5) is 14.5 Å². The molecule has 1 atom stereocenters. The van der Waals surface area contributed by atoms with Gasteiger partial charge in [0.2, 0.25) is 0 Å². The standard InChI is InChI=1S/C16H17F2N/c1-10-4-11(2)6-16(5-10)19-12(3)13-7-14(17)9-15(18)8-13/h4-9,12,19H,1-3H3. The number of anilines is 1. The summed E-state index contributed by atoms with van der Waals surface area (Å²) in [5.74, 6) is -1.10. The molecule has 0 aliphatic heterocycles. The Morgan fingerprint density at radius 3 is 1.89 bits per heavy atom. The lowest BCUT2D eigenvalue weighted by atomic mass is 10.1. The van der Waals surface area contributed by atoms with Crippen LogP contribution < -0.4 is 5.32 Å². The predicted molar refractivity (Wildman–Crippen MR) is 74.3 cm³/mol. The molecule has 0 radical (unpaired) electrons. The van der Waals surface area contributed by atoms with Crippen LogP contribution in [-0.2, 0) is 0 Å². The summed E-state index contributed by atoms with van der Waals surface area (Å²) in [6.45, 7) is 5.92. The van der Waals surface area contributed by atoms with E-state index in [2.05, 4.69) is 11.4 Å². The number of hydrogen-bond donors (Lipinski definition) is 1. The van der Waals surface area contributed by atoms with Crippen molar-refractivity contribution in [1.82, 2.24) is 0 Å². The highest BCUT2D eigenvalue weighted by atomic mass is 19.1. The van der Waals surface area contributed by atoms with Crippen molar-refractivity contribution in [3.63, 3.8) is 0 Å². The highest BCUT2D eigenvalue weighted by Gasteiger charge is 2.09. The highest BCUT2D eigenvalue weighted by Crippen LogP contribution is 2.22. The molecule has 1 unspecified atom stereocenters. The Labute approximate surface area is 112 Å². The van der Waals surface area contributed by atoms with Crippen molar-refractivity contribution in [2.45, 2.75) is 26.8 Å². The molecular weight excluding hydrogens is 244 g/mol. The van der Waals surface area contributed by atoms with E-state index in [-0.39, 0.29) is 6.04 Å². The van der Waals surface area contributed by atoms with Crippen LogP contribution in [0.5, 0.6) is 0 Å². The van der Waals surface area contributed by atoms with Gasteiger partial charge in [-0.1, -0.05) is 6.07 Å². The normalized spacial score (nSPS) is 12.3. The second-order valence-corrected chi connectivity index (χ2v) is 4.95. The molecule has 3 heteroatoms. The first-order valence-corrected chi connectivity index (χ1v) is 6.25. The molecule has 2 aromatic rings.